The monoisotopic (exact) mass is 310 g/mol. The van der Waals surface area contributed by atoms with E-state index in [1.807, 2.05) is 48.5 Å². The molecule has 1 nitrogen and oxygen atoms in total. The minimum atomic E-state index is 0.879. The van der Waals surface area contributed by atoms with Gasteiger partial charge in [-0.25, -0.2) is 0 Å². The predicted octanol–water partition coefficient (Wildman–Crippen LogP) is 6.64. The lowest BCUT2D eigenvalue weighted by Crippen LogP contribution is -2.39. The van der Waals surface area contributed by atoms with E-state index in [1.165, 1.54) is 11.1 Å². The summed E-state index contributed by atoms with van der Waals surface area (Å²) in [6, 6.07) is 16.1. The van der Waals surface area contributed by atoms with Gasteiger partial charge in [-0.15, -0.1) is 0 Å². The Hall–Kier alpha value is -1.76. The molecule has 0 atom stereocenters. The maximum Gasteiger partial charge on any atom is 0.127 e. The molecule has 124 valence electrons. The number of hydrogen-bond acceptors (Lipinski definition) is 1. The molecule has 0 N–H and O–H groups in total. The van der Waals surface area contributed by atoms with Crippen molar-refractivity contribution in [2.45, 2.75) is 41.5 Å². The summed E-state index contributed by atoms with van der Waals surface area (Å²) in [7, 11) is 0. The van der Waals surface area contributed by atoms with Crippen molar-refractivity contribution >= 4 is 0 Å². The minimum absolute atomic E-state index is 0.879. The Labute approximate surface area is 141 Å². The van der Waals surface area contributed by atoms with E-state index >= 15 is 0 Å². The molecule has 1 saturated carbocycles. The van der Waals surface area contributed by atoms with Crippen LogP contribution in [0.3, 0.4) is 0 Å². The van der Waals surface area contributed by atoms with E-state index in [0.29, 0.717) is 0 Å². The first-order valence-corrected chi connectivity index (χ1v) is 8.69. The third-order valence-corrected chi connectivity index (χ3v) is 5.60. The molecule has 23 heavy (non-hydrogen) atoms. The summed E-state index contributed by atoms with van der Waals surface area (Å²) in [5, 5.41) is 0. The molecule has 0 heterocycles. The van der Waals surface area contributed by atoms with Gasteiger partial charge in [-0.3, -0.25) is 0 Å². The molecule has 1 heteroatoms. The highest BCUT2D eigenvalue weighted by Gasteiger charge is 2.38. The molecule has 0 aromatic heterocycles. The molecule has 0 spiro atoms. The van der Waals surface area contributed by atoms with Crippen molar-refractivity contribution in [2.75, 3.05) is 0 Å². The van der Waals surface area contributed by atoms with Gasteiger partial charge in [-0.05, 0) is 61.8 Å². The van der Waals surface area contributed by atoms with Crippen molar-refractivity contribution in [3.63, 3.8) is 0 Å². The van der Waals surface area contributed by atoms with Gasteiger partial charge in [-0.2, -0.15) is 0 Å². The van der Waals surface area contributed by atoms with Crippen LogP contribution in [-0.4, -0.2) is 0 Å². The molecular formula is C22H30O. The molecular weight excluding hydrogens is 280 g/mol. The molecule has 1 fully saturated rings. The van der Waals surface area contributed by atoms with Gasteiger partial charge in [0.05, 0.1) is 0 Å². The average Bonchev–Trinajstić information content (AvgIpc) is 2.57. The van der Waals surface area contributed by atoms with E-state index in [9.17, 15) is 0 Å². The molecule has 0 unspecified atom stereocenters. The Morgan fingerprint density at radius 2 is 0.783 bits per heavy atom. The number of benzene rings is 2. The quantitative estimate of drug-likeness (QED) is 0.604. The van der Waals surface area contributed by atoms with Crippen LogP contribution in [0.2, 0.25) is 0 Å². The van der Waals surface area contributed by atoms with Crippen LogP contribution in [0, 0.1) is 37.5 Å². The largest absolute Gasteiger partial charge is 0.457 e. The molecule has 0 amide bonds. The van der Waals surface area contributed by atoms with Gasteiger partial charge in [-0.1, -0.05) is 63.1 Å². The topological polar surface area (TPSA) is 9.23 Å². The highest BCUT2D eigenvalue weighted by molar-refractivity contribution is 5.33. The Balaban J connectivity index is 0.000000203. The van der Waals surface area contributed by atoms with E-state index in [-0.39, 0.29) is 0 Å². The zero-order valence-electron chi connectivity index (χ0n) is 15.3. The molecule has 1 aliphatic rings. The van der Waals surface area contributed by atoms with Crippen molar-refractivity contribution in [2.24, 2.45) is 23.7 Å². The molecule has 2 aromatic carbocycles. The SMILES string of the molecule is CC1C(C)C(C)C1C.Cc1ccc(Oc2ccc(C)cc2)cc1. The van der Waals surface area contributed by atoms with Crippen LogP contribution in [0.4, 0.5) is 0 Å². The van der Waals surface area contributed by atoms with Crippen molar-refractivity contribution in [1.29, 1.82) is 0 Å². The van der Waals surface area contributed by atoms with E-state index < -0.39 is 0 Å². The fraction of sp³-hybridized carbons (Fsp3) is 0.455. The third kappa shape index (κ3) is 4.60. The summed E-state index contributed by atoms with van der Waals surface area (Å²) >= 11 is 0. The van der Waals surface area contributed by atoms with Gasteiger partial charge in [0.1, 0.15) is 11.5 Å². The van der Waals surface area contributed by atoms with Crippen LogP contribution in [0.25, 0.3) is 0 Å². The lowest BCUT2D eigenvalue weighted by Gasteiger charge is -2.45. The summed E-state index contributed by atoms with van der Waals surface area (Å²) < 4.78 is 5.69. The predicted molar refractivity (Wildman–Crippen MR) is 99.1 cm³/mol. The van der Waals surface area contributed by atoms with Gasteiger partial charge in [0, 0.05) is 0 Å². The Morgan fingerprint density at radius 3 is 1.04 bits per heavy atom. The molecule has 0 saturated heterocycles. The maximum atomic E-state index is 5.69. The molecule has 2 aromatic rings. The van der Waals surface area contributed by atoms with E-state index in [4.69, 9.17) is 4.74 Å². The summed E-state index contributed by atoms with van der Waals surface area (Å²) in [4.78, 5) is 0. The fourth-order valence-corrected chi connectivity index (χ4v) is 3.12. The lowest BCUT2D eigenvalue weighted by atomic mass is 9.60. The maximum absolute atomic E-state index is 5.69. The highest BCUT2D eigenvalue weighted by atomic mass is 16.5. The lowest BCUT2D eigenvalue weighted by molar-refractivity contribution is 0.0302. The molecule has 1 aliphatic carbocycles. The van der Waals surface area contributed by atoms with E-state index in [1.54, 1.807) is 0 Å². The molecule has 0 radical (unpaired) electrons. The van der Waals surface area contributed by atoms with Crippen LogP contribution >= 0.6 is 0 Å². The van der Waals surface area contributed by atoms with Crippen molar-refractivity contribution in [3.05, 3.63) is 59.7 Å². The van der Waals surface area contributed by atoms with E-state index in [2.05, 4.69) is 41.5 Å². The standard InChI is InChI=1S/C14H14O.C8H16/c1-11-3-7-13(8-4-11)15-14-9-5-12(2)6-10-14;1-5-6(2)8(4)7(5)3/h3-10H,1-2H3;5-8H,1-4H3. The van der Waals surface area contributed by atoms with E-state index in [0.717, 1.165) is 35.2 Å². The van der Waals surface area contributed by atoms with Crippen molar-refractivity contribution < 1.29 is 4.74 Å². The van der Waals surface area contributed by atoms with Crippen LogP contribution in [0.1, 0.15) is 38.8 Å². The van der Waals surface area contributed by atoms with Crippen LogP contribution in [0.5, 0.6) is 11.5 Å². The number of aryl methyl sites for hydroxylation is 2. The number of rotatable bonds is 2. The Kier molecular flexibility index (Phi) is 5.87. The third-order valence-electron chi connectivity index (χ3n) is 5.60. The van der Waals surface area contributed by atoms with Crippen molar-refractivity contribution in [3.8, 4) is 11.5 Å². The number of hydrogen-bond donors (Lipinski definition) is 0. The second-order valence-electron chi connectivity index (χ2n) is 7.16. The fourth-order valence-electron chi connectivity index (χ4n) is 3.12. The van der Waals surface area contributed by atoms with Gasteiger partial charge in [0.15, 0.2) is 0 Å². The summed E-state index contributed by atoms with van der Waals surface area (Å²) in [5.41, 5.74) is 2.48. The second kappa shape index (κ2) is 7.68. The first kappa shape index (κ1) is 17.6. The molecule has 0 bridgehead atoms. The number of ether oxygens (including phenoxy) is 1. The van der Waals surface area contributed by atoms with Crippen LogP contribution in [0.15, 0.2) is 48.5 Å². The summed E-state index contributed by atoms with van der Waals surface area (Å²) in [5.74, 6) is 5.67. The zero-order valence-corrected chi connectivity index (χ0v) is 15.3. The zero-order chi connectivity index (χ0) is 17.0. The molecule has 3 rings (SSSR count). The van der Waals surface area contributed by atoms with Gasteiger partial charge in [0.25, 0.3) is 0 Å². The second-order valence-corrected chi connectivity index (χ2v) is 7.16. The van der Waals surface area contributed by atoms with Gasteiger partial charge >= 0.3 is 0 Å². The first-order chi connectivity index (χ1) is 10.9. The van der Waals surface area contributed by atoms with Crippen molar-refractivity contribution in [1.82, 2.24) is 0 Å². The van der Waals surface area contributed by atoms with Gasteiger partial charge < -0.3 is 4.74 Å². The Morgan fingerprint density at radius 1 is 0.522 bits per heavy atom. The smallest absolute Gasteiger partial charge is 0.127 e. The van der Waals surface area contributed by atoms with Crippen LogP contribution < -0.4 is 4.74 Å². The normalized spacial score (nSPS) is 25.8. The van der Waals surface area contributed by atoms with Gasteiger partial charge in [0.2, 0.25) is 0 Å². The Bertz CT molecular complexity index is 521. The summed E-state index contributed by atoms with van der Waals surface area (Å²) in [6.07, 6.45) is 0. The van der Waals surface area contributed by atoms with Crippen LogP contribution in [-0.2, 0) is 0 Å². The highest BCUT2D eigenvalue weighted by Crippen LogP contribution is 2.44. The molecule has 0 aliphatic heterocycles. The first-order valence-electron chi connectivity index (χ1n) is 8.69. The summed E-state index contributed by atoms with van der Waals surface area (Å²) in [6.45, 7) is 13.6. The average molecular weight is 310 g/mol. The minimum Gasteiger partial charge on any atom is -0.457 e.